The number of anilines is 2. The Balaban J connectivity index is 1.95. The van der Waals surface area contributed by atoms with Crippen molar-refractivity contribution in [3.05, 3.63) is 92.5 Å². The maximum Gasteiger partial charge on any atom is 0.416 e. The number of fused-ring (bicyclic) bond motifs is 1. The lowest BCUT2D eigenvalue weighted by Gasteiger charge is -2.21. The van der Waals surface area contributed by atoms with Gasteiger partial charge in [-0.15, -0.1) is 0 Å². The highest BCUT2D eigenvalue weighted by molar-refractivity contribution is 7.89. The van der Waals surface area contributed by atoms with Gasteiger partial charge in [-0.2, -0.15) is 13.2 Å². The first kappa shape index (κ1) is 29.7. The van der Waals surface area contributed by atoms with Crippen LogP contribution in [0, 0.1) is 11.6 Å². The number of rotatable bonds is 5. The van der Waals surface area contributed by atoms with E-state index in [0.29, 0.717) is 12.1 Å². The first-order valence-electron chi connectivity index (χ1n) is 11.4. The van der Waals surface area contributed by atoms with E-state index in [9.17, 15) is 40.0 Å². The lowest BCUT2D eigenvalue weighted by Crippen LogP contribution is -2.31. The molecule has 216 valence electrons. The number of amides is 2. The van der Waals surface area contributed by atoms with E-state index in [1.165, 1.54) is 13.1 Å². The number of nitrogen functional groups attached to an aromatic ring is 1. The molecule has 0 aliphatic carbocycles. The molecule has 0 spiro atoms. The minimum atomic E-state index is -4.97. The second-order valence-corrected chi connectivity index (χ2v) is 11.0. The number of halogens is 6. The lowest BCUT2D eigenvalue weighted by atomic mass is 9.92. The molecular weight excluding hydrogens is 597 g/mol. The zero-order valence-electron chi connectivity index (χ0n) is 21.0. The number of carbonyl (C=O) groups excluding carboxylic acids is 2. The van der Waals surface area contributed by atoms with Crippen LogP contribution in [-0.2, 0) is 16.2 Å². The van der Waals surface area contributed by atoms with Crippen LogP contribution in [0.1, 0.15) is 49.0 Å². The standard InChI is InChI=1S/C25H19ClF5N5O4S/c1-33-22(36-41(2,39)40)15-9-17(34-23(37)10-5-11(25(29,30)31)7-13(28)6-10)18-19(20(15)32)24(38)35-21(18)14-8-12(27)3-4-16(14)26/h3-9,21H,32H2,1-2H3,(H,33,36)(H,34,37)(H,35,38). The molecule has 1 aliphatic heterocycles. The summed E-state index contributed by atoms with van der Waals surface area (Å²) >= 11 is 6.26. The zero-order chi connectivity index (χ0) is 30.4. The van der Waals surface area contributed by atoms with Gasteiger partial charge in [0, 0.05) is 40.0 Å². The van der Waals surface area contributed by atoms with Gasteiger partial charge in [-0.3, -0.25) is 19.3 Å². The molecule has 3 aromatic rings. The van der Waals surface area contributed by atoms with Crippen molar-refractivity contribution < 1.29 is 40.0 Å². The monoisotopic (exact) mass is 615 g/mol. The largest absolute Gasteiger partial charge is 0.416 e. The fourth-order valence-corrected chi connectivity index (χ4v) is 5.06. The van der Waals surface area contributed by atoms with E-state index in [4.69, 9.17) is 17.3 Å². The van der Waals surface area contributed by atoms with Crippen LogP contribution in [0.2, 0.25) is 5.02 Å². The molecule has 0 saturated carbocycles. The number of amidine groups is 1. The zero-order valence-corrected chi connectivity index (χ0v) is 22.5. The molecule has 16 heteroatoms. The predicted octanol–water partition coefficient (Wildman–Crippen LogP) is 4.23. The van der Waals surface area contributed by atoms with Crippen molar-refractivity contribution in [3.63, 3.8) is 0 Å². The number of nitrogens with one attached hydrogen (secondary N) is 3. The van der Waals surface area contributed by atoms with Gasteiger partial charge in [0.1, 0.15) is 17.5 Å². The van der Waals surface area contributed by atoms with Crippen LogP contribution in [0.15, 0.2) is 47.5 Å². The summed E-state index contributed by atoms with van der Waals surface area (Å²) in [6.07, 6.45) is -4.15. The van der Waals surface area contributed by atoms with Gasteiger partial charge < -0.3 is 16.4 Å². The number of hydrogen-bond acceptors (Lipinski definition) is 6. The maximum absolute atomic E-state index is 14.2. The summed E-state index contributed by atoms with van der Waals surface area (Å²) in [6.45, 7) is 0. The predicted molar refractivity (Wildman–Crippen MR) is 141 cm³/mol. The van der Waals surface area contributed by atoms with Gasteiger partial charge in [-0.25, -0.2) is 17.2 Å². The van der Waals surface area contributed by atoms with Gasteiger partial charge in [0.25, 0.3) is 11.8 Å². The molecule has 5 N–H and O–H groups in total. The van der Waals surface area contributed by atoms with Crippen molar-refractivity contribution in [1.82, 2.24) is 10.0 Å². The number of nitrogens with zero attached hydrogens (tertiary/aromatic N) is 1. The number of alkyl halides is 3. The highest BCUT2D eigenvalue weighted by atomic mass is 35.5. The van der Waals surface area contributed by atoms with Gasteiger partial charge >= 0.3 is 6.18 Å². The highest BCUT2D eigenvalue weighted by Crippen LogP contribution is 2.43. The summed E-state index contributed by atoms with van der Waals surface area (Å²) in [7, 11) is -2.72. The molecule has 41 heavy (non-hydrogen) atoms. The van der Waals surface area contributed by atoms with Gasteiger partial charge in [0.05, 0.1) is 29.1 Å². The van der Waals surface area contributed by atoms with Crippen molar-refractivity contribution in [1.29, 1.82) is 0 Å². The lowest BCUT2D eigenvalue weighted by molar-refractivity contribution is -0.137. The minimum absolute atomic E-state index is 0.0129. The third-order valence-corrected chi connectivity index (χ3v) is 6.87. The van der Waals surface area contributed by atoms with E-state index in [1.807, 2.05) is 0 Å². The second kappa shape index (κ2) is 10.6. The third-order valence-electron chi connectivity index (χ3n) is 5.96. The van der Waals surface area contributed by atoms with Crippen LogP contribution in [0.3, 0.4) is 0 Å². The first-order chi connectivity index (χ1) is 19.0. The van der Waals surface area contributed by atoms with Crippen molar-refractivity contribution >= 4 is 50.6 Å². The fourth-order valence-electron chi connectivity index (χ4n) is 4.28. The van der Waals surface area contributed by atoms with Crippen molar-refractivity contribution in [3.8, 4) is 0 Å². The van der Waals surface area contributed by atoms with Crippen molar-refractivity contribution in [2.24, 2.45) is 4.99 Å². The number of aliphatic imine (C=N–C) groups is 1. The van der Waals surface area contributed by atoms with Crippen molar-refractivity contribution in [2.75, 3.05) is 24.4 Å². The van der Waals surface area contributed by atoms with Gasteiger partial charge in [0.15, 0.2) is 0 Å². The quantitative estimate of drug-likeness (QED) is 0.147. The Hall–Kier alpha value is -4.24. The van der Waals surface area contributed by atoms with E-state index >= 15 is 0 Å². The molecule has 3 aromatic carbocycles. The van der Waals surface area contributed by atoms with E-state index < -0.39 is 56.8 Å². The number of nitrogens with two attached hydrogens (primary N) is 1. The van der Waals surface area contributed by atoms with Gasteiger partial charge in [0.2, 0.25) is 10.0 Å². The summed E-state index contributed by atoms with van der Waals surface area (Å²) in [4.78, 5) is 30.1. The van der Waals surface area contributed by atoms with Crippen LogP contribution in [0.5, 0.6) is 0 Å². The number of carbonyl (C=O) groups is 2. The molecule has 2 amide bonds. The molecule has 4 rings (SSSR count). The normalized spacial score (nSPS) is 15.4. The second-order valence-electron chi connectivity index (χ2n) is 8.87. The summed E-state index contributed by atoms with van der Waals surface area (Å²) in [6, 6.07) is 4.41. The molecule has 9 nitrogen and oxygen atoms in total. The topological polar surface area (TPSA) is 143 Å². The minimum Gasteiger partial charge on any atom is -0.397 e. The van der Waals surface area contributed by atoms with Crippen LogP contribution >= 0.6 is 11.6 Å². The molecule has 1 aliphatic rings. The average molecular weight is 616 g/mol. The Morgan fingerprint density at radius 1 is 1.10 bits per heavy atom. The van der Waals surface area contributed by atoms with Gasteiger partial charge in [-0.1, -0.05) is 11.6 Å². The SMILES string of the molecule is CN=C(NS(C)(=O)=O)c1cc(NC(=O)c2cc(F)cc(C(F)(F)F)c2)c2c(c1N)C(=O)NC2c1cc(F)ccc1Cl. The Morgan fingerprint density at radius 3 is 2.39 bits per heavy atom. The van der Waals surface area contributed by atoms with Crippen LogP contribution in [0.25, 0.3) is 0 Å². The van der Waals surface area contributed by atoms with Crippen LogP contribution < -0.4 is 21.1 Å². The van der Waals surface area contributed by atoms with E-state index in [-0.39, 0.29) is 50.6 Å². The smallest absolute Gasteiger partial charge is 0.397 e. The molecule has 0 bridgehead atoms. The summed E-state index contributed by atoms with van der Waals surface area (Å²) in [5.74, 6) is -4.44. The van der Waals surface area contributed by atoms with Gasteiger partial charge in [-0.05, 0) is 42.5 Å². The molecular formula is C25H19ClF5N5O4S. The first-order valence-corrected chi connectivity index (χ1v) is 13.6. The molecule has 0 fully saturated rings. The molecule has 0 aromatic heterocycles. The van der Waals surface area contributed by atoms with E-state index in [0.717, 1.165) is 24.5 Å². The highest BCUT2D eigenvalue weighted by Gasteiger charge is 2.38. The van der Waals surface area contributed by atoms with Crippen LogP contribution in [-0.4, -0.2) is 39.4 Å². The maximum atomic E-state index is 14.2. The molecule has 1 heterocycles. The summed E-state index contributed by atoms with van der Waals surface area (Å²) in [5, 5.41) is 4.91. The Kier molecular flexibility index (Phi) is 7.71. The Labute approximate surface area is 234 Å². The molecule has 1 atom stereocenters. The number of hydrogen-bond donors (Lipinski definition) is 4. The Morgan fingerprint density at radius 2 is 1.78 bits per heavy atom. The number of sulfonamides is 1. The number of benzene rings is 3. The molecule has 1 unspecified atom stereocenters. The van der Waals surface area contributed by atoms with Crippen LogP contribution in [0.4, 0.5) is 33.3 Å². The van der Waals surface area contributed by atoms with E-state index in [2.05, 4.69) is 20.3 Å². The summed E-state index contributed by atoms with van der Waals surface area (Å²) in [5.41, 5.74) is 3.11. The average Bonchev–Trinajstić information content (AvgIpc) is 3.21. The van der Waals surface area contributed by atoms with Crippen molar-refractivity contribution in [2.45, 2.75) is 12.2 Å². The fraction of sp³-hybridized carbons (Fsp3) is 0.160. The molecule has 0 radical (unpaired) electrons. The molecule has 0 saturated heterocycles. The van der Waals surface area contributed by atoms with E-state index in [1.54, 1.807) is 0 Å². The Bertz CT molecular complexity index is 1750. The third kappa shape index (κ3) is 6.10. The summed E-state index contributed by atoms with van der Waals surface area (Å²) < 4.78 is 93.9.